The Balaban J connectivity index is 0.00000364. The molecular formula is C22H31ClN2O2. The van der Waals surface area contributed by atoms with Gasteiger partial charge in [0.25, 0.3) is 5.91 Å². The number of benzene rings is 2. The summed E-state index contributed by atoms with van der Waals surface area (Å²) in [6, 6.07) is 18.7. The van der Waals surface area contributed by atoms with E-state index >= 15 is 0 Å². The molecule has 5 heteroatoms. The van der Waals surface area contributed by atoms with Gasteiger partial charge in [0.1, 0.15) is 0 Å². The Morgan fingerprint density at radius 3 is 2.19 bits per heavy atom. The van der Waals surface area contributed by atoms with Crippen molar-refractivity contribution < 1.29 is 9.90 Å². The van der Waals surface area contributed by atoms with Crippen molar-refractivity contribution in [3.63, 3.8) is 0 Å². The van der Waals surface area contributed by atoms with Gasteiger partial charge in [0.15, 0.2) is 0 Å². The van der Waals surface area contributed by atoms with Crippen molar-refractivity contribution in [3.8, 4) is 0 Å². The van der Waals surface area contributed by atoms with Crippen molar-refractivity contribution in [1.82, 2.24) is 10.6 Å². The minimum atomic E-state index is -0.657. The van der Waals surface area contributed by atoms with Gasteiger partial charge in [-0.15, -0.1) is 12.4 Å². The van der Waals surface area contributed by atoms with Gasteiger partial charge in [0, 0.05) is 12.1 Å². The molecular weight excluding hydrogens is 360 g/mol. The quantitative estimate of drug-likeness (QED) is 0.544. The van der Waals surface area contributed by atoms with Crippen LogP contribution in [0, 0.1) is 5.92 Å². The highest BCUT2D eigenvalue weighted by Gasteiger charge is 2.22. The Hall–Kier alpha value is -1.88. The highest BCUT2D eigenvalue weighted by Crippen LogP contribution is 2.08. The van der Waals surface area contributed by atoms with E-state index in [4.69, 9.17) is 0 Å². The van der Waals surface area contributed by atoms with Crippen molar-refractivity contribution in [2.24, 2.45) is 5.92 Å². The van der Waals surface area contributed by atoms with E-state index in [1.54, 1.807) is 12.1 Å². The van der Waals surface area contributed by atoms with Crippen LogP contribution in [-0.2, 0) is 6.42 Å². The van der Waals surface area contributed by atoms with Crippen molar-refractivity contribution in [3.05, 3.63) is 71.8 Å². The lowest BCUT2D eigenvalue weighted by Crippen LogP contribution is -2.48. The minimum Gasteiger partial charge on any atom is -0.390 e. The molecule has 0 radical (unpaired) electrons. The lowest BCUT2D eigenvalue weighted by Gasteiger charge is -2.25. The lowest BCUT2D eigenvalue weighted by atomic mass is 10.0. The van der Waals surface area contributed by atoms with Crippen molar-refractivity contribution >= 4 is 18.3 Å². The maximum Gasteiger partial charge on any atom is 0.251 e. The van der Waals surface area contributed by atoms with Gasteiger partial charge < -0.3 is 15.7 Å². The predicted octanol–water partition coefficient (Wildman–Crippen LogP) is 3.45. The maximum atomic E-state index is 12.5. The normalized spacial score (nSPS) is 12.9. The minimum absolute atomic E-state index is 0. The number of hydrogen-bond acceptors (Lipinski definition) is 3. The maximum absolute atomic E-state index is 12.5. The molecule has 1 amide bonds. The van der Waals surface area contributed by atoms with Crippen LogP contribution in [0.15, 0.2) is 60.7 Å². The zero-order valence-corrected chi connectivity index (χ0v) is 16.9. The third-order valence-corrected chi connectivity index (χ3v) is 4.37. The molecule has 2 aromatic carbocycles. The molecule has 148 valence electrons. The molecule has 0 saturated heterocycles. The monoisotopic (exact) mass is 390 g/mol. The Bertz CT molecular complexity index is 650. The first-order valence-corrected chi connectivity index (χ1v) is 9.35. The first-order chi connectivity index (χ1) is 12.6. The number of hydrogen-bond donors (Lipinski definition) is 3. The van der Waals surface area contributed by atoms with E-state index in [0.717, 1.165) is 18.5 Å². The van der Waals surface area contributed by atoms with Crippen LogP contribution in [0.3, 0.4) is 0 Å². The number of nitrogens with one attached hydrogen (secondary N) is 2. The van der Waals surface area contributed by atoms with E-state index < -0.39 is 6.10 Å². The summed E-state index contributed by atoms with van der Waals surface area (Å²) in [6.07, 6.45) is 0.994. The number of carbonyl (C=O) groups is 1. The summed E-state index contributed by atoms with van der Waals surface area (Å²) in [5, 5.41) is 17.0. The second kappa shape index (κ2) is 12.5. The predicted molar refractivity (Wildman–Crippen MR) is 113 cm³/mol. The van der Waals surface area contributed by atoms with E-state index in [2.05, 4.69) is 24.5 Å². The fraction of sp³-hybridized carbons (Fsp3) is 0.409. The van der Waals surface area contributed by atoms with Crippen LogP contribution in [0.25, 0.3) is 0 Å². The van der Waals surface area contributed by atoms with Crippen LogP contribution in [0.1, 0.15) is 36.2 Å². The third-order valence-electron chi connectivity index (χ3n) is 4.37. The van der Waals surface area contributed by atoms with Gasteiger partial charge in [-0.1, -0.05) is 62.4 Å². The van der Waals surface area contributed by atoms with Gasteiger partial charge in [-0.2, -0.15) is 0 Å². The van der Waals surface area contributed by atoms with Gasteiger partial charge in [-0.05, 0) is 43.0 Å². The molecule has 2 aromatic rings. The molecule has 27 heavy (non-hydrogen) atoms. The molecule has 0 bridgehead atoms. The molecule has 0 fully saturated rings. The van der Waals surface area contributed by atoms with Crippen LogP contribution in [-0.4, -0.2) is 36.2 Å². The Kier molecular flexibility index (Phi) is 10.7. The Morgan fingerprint density at radius 2 is 1.59 bits per heavy atom. The van der Waals surface area contributed by atoms with Gasteiger partial charge in [0.2, 0.25) is 0 Å². The Morgan fingerprint density at radius 1 is 1.00 bits per heavy atom. The standard InChI is InChI=1S/C22H30N2O2.ClH/c1-17(2)13-14-23-16-21(25)20(15-18-9-5-3-6-10-18)24-22(26)19-11-7-4-8-12-19;/h3-12,17,20-21,23,25H,13-16H2,1-2H3,(H,24,26);1H/t20-,21+;/m0./s1. The summed E-state index contributed by atoms with van der Waals surface area (Å²) < 4.78 is 0. The average molecular weight is 391 g/mol. The number of carbonyl (C=O) groups excluding carboxylic acids is 1. The zero-order valence-electron chi connectivity index (χ0n) is 16.1. The van der Waals surface area contributed by atoms with Gasteiger partial charge >= 0.3 is 0 Å². The molecule has 0 aromatic heterocycles. The summed E-state index contributed by atoms with van der Waals surface area (Å²) in [6.45, 7) is 5.67. The highest BCUT2D eigenvalue weighted by molar-refractivity contribution is 5.94. The molecule has 0 aliphatic rings. The van der Waals surface area contributed by atoms with Crippen LogP contribution in [0.4, 0.5) is 0 Å². The van der Waals surface area contributed by atoms with Crippen molar-refractivity contribution in [2.45, 2.75) is 38.8 Å². The second-order valence-electron chi connectivity index (χ2n) is 7.09. The second-order valence-corrected chi connectivity index (χ2v) is 7.09. The highest BCUT2D eigenvalue weighted by atomic mass is 35.5. The first-order valence-electron chi connectivity index (χ1n) is 9.35. The summed E-state index contributed by atoms with van der Waals surface area (Å²) in [4.78, 5) is 12.5. The fourth-order valence-corrected chi connectivity index (χ4v) is 2.78. The van der Waals surface area contributed by atoms with Crippen LogP contribution in [0.5, 0.6) is 0 Å². The molecule has 3 N–H and O–H groups in total. The summed E-state index contributed by atoms with van der Waals surface area (Å²) in [5.74, 6) is 0.463. The third kappa shape index (κ3) is 8.57. The SMILES string of the molecule is CC(C)CCNC[C@@H](O)[C@H](Cc1ccccc1)NC(=O)c1ccccc1.Cl. The smallest absolute Gasteiger partial charge is 0.251 e. The van der Waals surface area contributed by atoms with Gasteiger partial charge in [-0.25, -0.2) is 0 Å². The molecule has 0 aliphatic carbocycles. The molecule has 0 unspecified atom stereocenters. The van der Waals surface area contributed by atoms with E-state index in [9.17, 15) is 9.90 Å². The molecule has 2 atom stereocenters. The van der Waals surface area contributed by atoms with E-state index in [-0.39, 0.29) is 24.4 Å². The van der Waals surface area contributed by atoms with Crippen LogP contribution < -0.4 is 10.6 Å². The van der Waals surface area contributed by atoms with Gasteiger partial charge in [0.05, 0.1) is 12.1 Å². The molecule has 0 heterocycles. The average Bonchev–Trinajstić information content (AvgIpc) is 2.66. The topological polar surface area (TPSA) is 61.4 Å². The molecule has 0 aliphatic heterocycles. The summed E-state index contributed by atoms with van der Waals surface area (Å²) in [5.41, 5.74) is 1.69. The van der Waals surface area contributed by atoms with Crippen molar-refractivity contribution in [1.29, 1.82) is 0 Å². The first kappa shape index (κ1) is 23.2. The molecule has 4 nitrogen and oxygen atoms in total. The summed E-state index contributed by atoms with van der Waals surface area (Å²) >= 11 is 0. The van der Waals surface area contributed by atoms with Crippen LogP contribution >= 0.6 is 12.4 Å². The zero-order chi connectivity index (χ0) is 18.8. The summed E-state index contributed by atoms with van der Waals surface area (Å²) in [7, 11) is 0. The van der Waals surface area contributed by atoms with E-state index in [1.165, 1.54) is 0 Å². The molecule has 0 spiro atoms. The largest absolute Gasteiger partial charge is 0.390 e. The molecule has 0 saturated carbocycles. The fourth-order valence-electron chi connectivity index (χ4n) is 2.78. The lowest BCUT2D eigenvalue weighted by molar-refractivity contribution is 0.0830. The number of aliphatic hydroxyl groups excluding tert-OH is 1. The van der Waals surface area contributed by atoms with Crippen LogP contribution in [0.2, 0.25) is 0 Å². The number of aliphatic hydroxyl groups is 1. The number of halogens is 1. The number of rotatable bonds is 10. The Labute approximate surface area is 168 Å². The van der Waals surface area contributed by atoms with Crippen molar-refractivity contribution in [2.75, 3.05) is 13.1 Å². The number of amides is 1. The van der Waals surface area contributed by atoms with E-state index in [1.807, 2.05) is 48.5 Å². The van der Waals surface area contributed by atoms with Gasteiger partial charge in [-0.3, -0.25) is 4.79 Å². The van der Waals surface area contributed by atoms with E-state index in [0.29, 0.717) is 24.4 Å². The molecule has 2 rings (SSSR count).